The number of carboxylic acid groups (broad SMARTS) is 1. The van der Waals surface area contributed by atoms with Gasteiger partial charge >= 0.3 is 24.0 Å². The molecule has 0 aromatic carbocycles. The summed E-state index contributed by atoms with van der Waals surface area (Å²) in [4.78, 5) is 10.1. The number of hydrogen-bond acceptors (Lipinski definition) is 1. The van der Waals surface area contributed by atoms with E-state index in [-0.39, 0.29) is 0 Å². The van der Waals surface area contributed by atoms with Crippen LogP contribution < -0.4 is 0 Å². The van der Waals surface area contributed by atoms with E-state index in [4.69, 9.17) is 5.11 Å². The van der Waals surface area contributed by atoms with E-state index in [2.05, 4.69) is 6.58 Å². The lowest BCUT2D eigenvalue weighted by Crippen LogP contribution is -2.51. The summed E-state index contributed by atoms with van der Waals surface area (Å²) < 4.78 is 84.8. The summed E-state index contributed by atoms with van der Waals surface area (Å²) in [7, 11) is 0. The molecule has 0 aliphatic heterocycles. The van der Waals surface area contributed by atoms with Crippen molar-refractivity contribution in [2.24, 2.45) is 0 Å². The van der Waals surface area contributed by atoms with Gasteiger partial charge in [0.25, 0.3) is 0 Å². The molecular formula is C8H7F7O2. The van der Waals surface area contributed by atoms with E-state index >= 15 is 0 Å². The molecule has 0 atom stereocenters. The molecule has 100 valence electrons. The molecule has 9 heteroatoms. The van der Waals surface area contributed by atoms with Gasteiger partial charge in [0.1, 0.15) is 0 Å². The Kier molecular flexibility index (Phi) is 4.19. The molecule has 0 aliphatic rings. The van der Waals surface area contributed by atoms with E-state index in [1.54, 1.807) is 0 Å². The van der Waals surface area contributed by atoms with Crippen LogP contribution in [0, 0.1) is 0 Å². The zero-order chi connectivity index (χ0) is 14.1. The van der Waals surface area contributed by atoms with E-state index in [1.165, 1.54) is 0 Å². The molecule has 0 unspecified atom stereocenters. The first-order valence-corrected chi connectivity index (χ1v) is 4.06. The van der Waals surface area contributed by atoms with Crippen LogP contribution in [0.2, 0.25) is 0 Å². The molecule has 0 aliphatic carbocycles. The van der Waals surface area contributed by atoms with Crippen LogP contribution in [-0.2, 0) is 4.79 Å². The first-order valence-electron chi connectivity index (χ1n) is 4.06. The Bertz CT molecular complexity index is 318. The van der Waals surface area contributed by atoms with Crippen molar-refractivity contribution in [3.63, 3.8) is 0 Å². The minimum absolute atomic E-state index is 0.873. The van der Waals surface area contributed by atoms with Gasteiger partial charge in [-0.1, -0.05) is 6.58 Å². The number of carboxylic acids is 1. The second-order valence-corrected chi connectivity index (χ2v) is 3.19. The summed E-state index contributed by atoms with van der Waals surface area (Å²) in [5.74, 6) is -13.3. The topological polar surface area (TPSA) is 37.3 Å². The third kappa shape index (κ3) is 3.34. The summed E-state index contributed by atoms with van der Waals surface area (Å²) >= 11 is 0. The van der Waals surface area contributed by atoms with Crippen LogP contribution in [0.25, 0.3) is 0 Å². The van der Waals surface area contributed by atoms with E-state index in [0.717, 1.165) is 0 Å². The van der Waals surface area contributed by atoms with Crippen LogP contribution in [0.15, 0.2) is 12.2 Å². The molecule has 17 heavy (non-hydrogen) atoms. The lowest BCUT2D eigenvalue weighted by molar-refractivity contribution is -0.355. The summed E-state index contributed by atoms with van der Waals surface area (Å²) in [6, 6.07) is 0. The van der Waals surface area contributed by atoms with Crippen LogP contribution in [0.5, 0.6) is 0 Å². The van der Waals surface area contributed by atoms with Crippen molar-refractivity contribution in [1.82, 2.24) is 0 Å². The van der Waals surface area contributed by atoms with Gasteiger partial charge < -0.3 is 5.11 Å². The molecule has 0 bridgehead atoms. The molecule has 0 radical (unpaired) electrons. The van der Waals surface area contributed by atoms with Crippen molar-refractivity contribution in [2.45, 2.75) is 30.9 Å². The molecule has 0 spiro atoms. The monoisotopic (exact) mass is 268 g/mol. The number of halogens is 7. The second-order valence-electron chi connectivity index (χ2n) is 3.19. The zero-order valence-corrected chi connectivity index (χ0v) is 8.12. The Morgan fingerprint density at radius 1 is 1.06 bits per heavy atom. The van der Waals surface area contributed by atoms with Gasteiger partial charge in [-0.05, 0) is 6.42 Å². The van der Waals surface area contributed by atoms with E-state index in [0.29, 0.717) is 0 Å². The van der Waals surface area contributed by atoms with Crippen molar-refractivity contribution in [1.29, 1.82) is 0 Å². The molecule has 0 rings (SSSR count). The Morgan fingerprint density at radius 2 is 1.47 bits per heavy atom. The Morgan fingerprint density at radius 3 is 1.76 bits per heavy atom. The Hall–Kier alpha value is -1.28. The fourth-order valence-corrected chi connectivity index (χ4v) is 0.779. The van der Waals surface area contributed by atoms with Gasteiger partial charge in [0.15, 0.2) is 0 Å². The molecule has 0 fully saturated rings. The highest BCUT2D eigenvalue weighted by molar-refractivity contribution is 5.85. The van der Waals surface area contributed by atoms with Gasteiger partial charge in [-0.15, -0.1) is 0 Å². The minimum Gasteiger partial charge on any atom is -0.478 e. The maximum atomic E-state index is 12.6. The lowest BCUT2D eigenvalue weighted by Gasteiger charge is -2.28. The van der Waals surface area contributed by atoms with Crippen LogP contribution in [-0.4, -0.2) is 29.1 Å². The molecule has 0 saturated carbocycles. The Balaban J connectivity index is 4.80. The fourth-order valence-electron chi connectivity index (χ4n) is 0.779. The van der Waals surface area contributed by atoms with E-state index in [1.807, 2.05) is 0 Å². The van der Waals surface area contributed by atoms with Gasteiger partial charge in [-0.25, -0.2) is 4.79 Å². The largest absolute Gasteiger partial charge is 0.478 e. The van der Waals surface area contributed by atoms with Crippen molar-refractivity contribution < 1.29 is 40.6 Å². The Labute approximate surface area is 90.7 Å². The molecule has 0 amide bonds. The van der Waals surface area contributed by atoms with E-state index < -0.39 is 42.4 Å². The molecular weight excluding hydrogens is 261 g/mol. The number of rotatable bonds is 5. The van der Waals surface area contributed by atoms with Gasteiger partial charge in [0, 0.05) is 12.0 Å². The van der Waals surface area contributed by atoms with E-state index in [9.17, 15) is 35.5 Å². The highest BCUT2D eigenvalue weighted by Crippen LogP contribution is 2.48. The molecule has 0 aromatic heterocycles. The molecule has 2 nitrogen and oxygen atoms in total. The predicted molar refractivity (Wildman–Crippen MR) is 42.0 cm³/mol. The predicted octanol–water partition coefficient (Wildman–Crippen LogP) is 3.24. The molecule has 0 heterocycles. The normalized spacial score (nSPS) is 13.6. The van der Waals surface area contributed by atoms with Crippen LogP contribution >= 0.6 is 0 Å². The number of aliphatic carboxylic acids is 1. The van der Waals surface area contributed by atoms with Crippen molar-refractivity contribution in [3.8, 4) is 0 Å². The van der Waals surface area contributed by atoms with Crippen molar-refractivity contribution in [2.75, 3.05) is 0 Å². The van der Waals surface area contributed by atoms with Gasteiger partial charge in [0.05, 0.1) is 0 Å². The smallest absolute Gasteiger partial charge is 0.459 e. The number of alkyl halides is 7. The van der Waals surface area contributed by atoms with Gasteiger partial charge in [-0.3, -0.25) is 0 Å². The first-order chi connectivity index (χ1) is 7.33. The summed E-state index contributed by atoms with van der Waals surface area (Å²) in [5, 5.41) is 8.19. The zero-order valence-electron chi connectivity index (χ0n) is 8.12. The van der Waals surface area contributed by atoms with Crippen LogP contribution in [0.1, 0.15) is 12.8 Å². The highest BCUT2D eigenvalue weighted by Gasteiger charge is 2.72. The van der Waals surface area contributed by atoms with Crippen LogP contribution in [0.3, 0.4) is 0 Å². The molecule has 0 saturated heterocycles. The number of carbonyl (C=O) groups is 1. The molecule has 1 N–H and O–H groups in total. The maximum Gasteiger partial charge on any atom is 0.459 e. The SMILES string of the molecule is C=C(CCC(F)(F)C(F)(F)C(F)(F)F)C(=O)O. The standard InChI is InChI=1S/C8H7F7O2/c1-4(5(16)17)2-3-6(9,10)7(11,12)8(13,14)15/h1-3H2,(H,16,17). The van der Waals surface area contributed by atoms with Crippen molar-refractivity contribution >= 4 is 5.97 Å². The second kappa shape index (κ2) is 4.53. The average Bonchev–Trinajstić information content (AvgIpc) is 2.11. The van der Waals surface area contributed by atoms with Gasteiger partial charge in [0.2, 0.25) is 0 Å². The minimum atomic E-state index is -6.40. The lowest BCUT2D eigenvalue weighted by atomic mass is 10.0. The summed E-state index contributed by atoms with van der Waals surface area (Å²) in [5.41, 5.74) is -0.873. The van der Waals surface area contributed by atoms with Crippen LogP contribution in [0.4, 0.5) is 30.7 Å². The quantitative estimate of drug-likeness (QED) is 0.614. The van der Waals surface area contributed by atoms with Gasteiger partial charge in [-0.2, -0.15) is 30.7 Å². The third-order valence-corrected chi connectivity index (χ3v) is 1.86. The highest BCUT2D eigenvalue weighted by atomic mass is 19.4. The average molecular weight is 268 g/mol. The first kappa shape index (κ1) is 15.7. The van der Waals surface area contributed by atoms with Crippen molar-refractivity contribution in [3.05, 3.63) is 12.2 Å². The maximum absolute atomic E-state index is 12.6. The summed E-state index contributed by atoms with van der Waals surface area (Å²) in [6.07, 6.45) is -9.53. The third-order valence-electron chi connectivity index (χ3n) is 1.86. The fraction of sp³-hybridized carbons (Fsp3) is 0.625. The molecule has 0 aromatic rings. The summed E-state index contributed by atoms with van der Waals surface area (Å²) in [6.45, 7) is 2.74. The number of hydrogen-bond donors (Lipinski definition) is 1.